The first-order valence-corrected chi connectivity index (χ1v) is 5.38. The molecule has 0 aliphatic heterocycles. The number of hydrogen-bond donors (Lipinski definition) is 4. The zero-order chi connectivity index (χ0) is 13.6. The number of rotatable bonds is 5. The van der Waals surface area contributed by atoms with Crippen LogP contribution in [0.3, 0.4) is 0 Å². The molecule has 1 rings (SSSR count). The van der Waals surface area contributed by atoms with E-state index in [1.165, 1.54) is 0 Å². The van der Waals surface area contributed by atoms with E-state index in [4.69, 9.17) is 21.3 Å². The molecule has 1 aromatic carbocycles. The lowest BCUT2D eigenvalue weighted by atomic mass is 10.2. The predicted octanol–water partition coefficient (Wildman–Crippen LogP) is 1.40. The van der Waals surface area contributed by atoms with Crippen LogP contribution in [0.4, 0.5) is 4.79 Å². The van der Waals surface area contributed by atoms with Gasteiger partial charge in [0.15, 0.2) is 0 Å². The van der Waals surface area contributed by atoms with Crippen molar-refractivity contribution >= 4 is 18.5 Å². The number of hydrogen-bond acceptors (Lipinski definition) is 5. The van der Waals surface area contributed by atoms with Gasteiger partial charge in [0.2, 0.25) is 0 Å². The molecule has 5 N–H and O–H groups in total. The summed E-state index contributed by atoms with van der Waals surface area (Å²) in [7, 11) is 0. The van der Waals surface area contributed by atoms with Crippen molar-refractivity contribution in [1.82, 2.24) is 5.32 Å². The zero-order valence-electron chi connectivity index (χ0n) is 10.1. The molecule has 0 saturated heterocycles. The Kier molecular flexibility index (Phi) is 9.90. The van der Waals surface area contributed by atoms with Crippen molar-refractivity contribution in [3.8, 4) is 0 Å². The maximum atomic E-state index is 11.0. The van der Waals surface area contributed by atoms with E-state index >= 15 is 0 Å². The Labute approximate surface area is 108 Å². The Balaban J connectivity index is 0. The smallest absolute Gasteiger partial charge is 0.407 e. The molecule has 100 valence electrons. The van der Waals surface area contributed by atoms with E-state index in [1.807, 2.05) is 30.3 Å². The number of carbonyl (C=O) groups excluding carboxylic acids is 1. The van der Waals surface area contributed by atoms with Crippen LogP contribution < -0.4 is 11.1 Å². The Morgan fingerprint density at radius 1 is 1.33 bits per heavy atom. The maximum Gasteiger partial charge on any atom is 0.407 e. The van der Waals surface area contributed by atoms with Gasteiger partial charge >= 0.3 is 6.09 Å². The van der Waals surface area contributed by atoms with Crippen molar-refractivity contribution in [1.29, 1.82) is 10.8 Å². The van der Waals surface area contributed by atoms with Gasteiger partial charge in [-0.1, -0.05) is 30.3 Å². The van der Waals surface area contributed by atoms with Crippen LogP contribution in [0.2, 0.25) is 0 Å². The van der Waals surface area contributed by atoms with Crippen molar-refractivity contribution in [2.24, 2.45) is 5.73 Å². The highest BCUT2D eigenvalue weighted by atomic mass is 16.5. The molecular weight excluding hydrogens is 232 g/mol. The molecule has 1 aromatic rings. The summed E-state index contributed by atoms with van der Waals surface area (Å²) < 4.78 is 4.92. The van der Waals surface area contributed by atoms with E-state index < -0.39 is 6.09 Å². The van der Waals surface area contributed by atoms with E-state index in [1.54, 1.807) is 0 Å². The second-order valence-electron chi connectivity index (χ2n) is 3.11. The highest BCUT2D eigenvalue weighted by Crippen LogP contribution is 1.99. The predicted molar refractivity (Wildman–Crippen MR) is 73.4 cm³/mol. The molecule has 0 unspecified atom stereocenters. The monoisotopic (exact) mass is 252 g/mol. The Morgan fingerprint density at radius 3 is 2.44 bits per heavy atom. The lowest BCUT2D eigenvalue weighted by Gasteiger charge is -2.05. The van der Waals surface area contributed by atoms with Crippen LogP contribution in [0.15, 0.2) is 30.3 Å². The number of nitrogens with one attached hydrogen (secondary N) is 3. The van der Waals surface area contributed by atoms with Crippen molar-refractivity contribution in [3.63, 3.8) is 0 Å². The van der Waals surface area contributed by atoms with Crippen LogP contribution in [0.1, 0.15) is 6.99 Å². The number of carbonyl (C=O) groups is 1. The van der Waals surface area contributed by atoms with Gasteiger partial charge in [0, 0.05) is 26.9 Å². The first-order chi connectivity index (χ1) is 8.74. The third-order valence-corrected chi connectivity index (χ3v) is 1.71. The van der Waals surface area contributed by atoms with Gasteiger partial charge in [0.1, 0.15) is 6.61 Å². The van der Waals surface area contributed by atoms with Gasteiger partial charge in [-0.25, -0.2) is 4.79 Å². The van der Waals surface area contributed by atoms with Crippen LogP contribution >= 0.6 is 0 Å². The lowest BCUT2D eigenvalue weighted by molar-refractivity contribution is 0.140. The second kappa shape index (κ2) is 11.3. The Hall–Kier alpha value is -2.21. The molecule has 0 aromatic heterocycles. The largest absolute Gasteiger partial charge is 0.445 e. The van der Waals surface area contributed by atoms with E-state index in [-0.39, 0.29) is 8.03 Å². The molecule has 0 radical (unpaired) electrons. The number of ether oxygens (including phenoxy) is 1. The normalized spacial score (nSPS) is 8.50. The van der Waals surface area contributed by atoms with Gasteiger partial charge in [-0.3, -0.25) is 0 Å². The molecular formula is C12H20N4O2. The summed E-state index contributed by atoms with van der Waals surface area (Å²) in [4.78, 5) is 11.0. The molecule has 0 bridgehead atoms. The van der Waals surface area contributed by atoms with Gasteiger partial charge in [0.05, 0.1) is 0 Å². The average Bonchev–Trinajstić information content (AvgIpc) is 2.44. The third-order valence-electron chi connectivity index (χ3n) is 1.71. The number of alkyl carbamates (subject to hydrolysis) is 1. The number of amides is 1. The van der Waals surface area contributed by atoms with Crippen LogP contribution in [-0.2, 0) is 11.3 Å². The lowest BCUT2D eigenvalue weighted by Crippen LogP contribution is -2.29. The SMILES string of the molecule is N=CC=N.NCCNC(=O)OCc1ccccc1.[HH]. The summed E-state index contributed by atoms with van der Waals surface area (Å²) in [6.45, 7) is 1.14. The van der Waals surface area contributed by atoms with Gasteiger partial charge in [0.25, 0.3) is 0 Å². The van der Waals surface area contributed by atoms with E-state index in [2.05, 4.69) is 5.32 Å². The Morgan fingerprint density at radius 2 is 1.94 bits per heavy atom. The molecule has 6 nitrogen and oxygen atoms in total. The molecule has 0 aliphatic rings. The van der Waals surface area contributed by atoms with E-state index in [0.717, 1.165) is 18.0 Å². The van der Waals surface area contributed by atoms with Crippen LogP contribution in [-0.4, -0.2) is 31.6 Å². The summed E-state index contributed by atoms with van der Waals surface area (Å²) in [6.07, 6.45) is 1.40. The van der Waals surface area contributed by atoms with E-state index in [0.29, 0.717) is 13.1 Å². The van der Waals surface area contributed by atoms with Crippen LogP contribution in [0.25, 0.3) is 0 Å². The highest BCUT2D eigenvalue weighted by molar-refractivity contribution is 6.12. The minimum absolute atomic E-state index is 0. The molecule has 0 fully saturated rings. The third kappa shape index (κ3) is 9.05. The molecule has 0 atom stereocenters. The topological polar surface area (TPSA) is 112 Å². The zero-order valence-corrected chi connectivity index (χ0v) is 10.1. The summed E-state index contributed by atoms with van der Waals surface area (Å²) in [5.41, 5.74) is 6.18. The van der Waals surface area contributed by atoms with Crippen molar-refractivity contribution in [3.05, 3.63) is 35.9 Å². The van der Waals surface area contributed by atoms with Crippen LogP contribution in [0.5, 0.6) is 0 Å². The summed E-state index contributed by atoms with van der Waals surface area (Å²) in [6, 6.07) is 9.51. The summed E-state index contributed by atoms with van der Waals surface area (Å²) >= 11 is 0. The number of benzene rings is 1. The minimum atomic E-state index is -0.431. The fourth-order valence-electron chi connectivity index (χ4n) is 0.948. The quantitative estimate of drug-likeness (QED) is 0.594. The fourth-order valence-corrected chi connectivity index (χ4v) is 0.948. The van der Waals surface area contributed by atoms with Gasteiger partial charge < -0.3 is 26.6 Å². The molecule has 0 aliphatic carbocycles. The first-order valence-electron chi connectivity index (χ1n) is 5.38. The van der Waals surface area contributed by atoms with Crippen molar-refractivity contribution < 1.29 is 11.0 Å². The minimum Gasteiger partial charge on any atom is -0.445 e. The molecule has 6 heteroatoms. The molecule has 0 spiro atoms. The molecule has 18 heavy (non-hydrogen) atoms. The Bertz CT molecular complexity index is 354. The first kappa shape index (κ1) is 15.8. The number of nitrogens with two attached hydrogens (primary N) is 1. The highest BCUT2D eigenvalue weighted by Gasteiger charge is 1.99. The molecule has 0 heterocycles. The molecule has 1 amide bonds. The van der Waals surface area contributed by atoms with Crippen molar-refractivity contribution in [2.45, 2.75) is 6.61 Å². The van der Waals surface area contributed by atoms with Crippen LogP contribution in [0, 0.1) is 10.8 Å². The van der Waals surface area contributed by atoms with Gasteiger partial charge in [-0.2, -0.15) is 0 Å². The summed E-state index contributed by atoms with van der Waals surface area (Å²) in [5.74, 6) is 0. The standard InChI is InChI=1S/C10H14N2O2.C2H4N2.H2/c11-6-7-12-10(13)14-8-9-4-2-1-3-5-9;3-1-2-4;/h1-5H,6-8,11H2,(H,12,13);1-4H;1H. The average molecular weight is 252 g/mol. The second-order valence-corrected chi connectivity index (χ2v) is 3.11. The van der Waals surface area contributed by atoms with Gasteiger partial charge in [-0.15, -0.1) is 0 Å². The maximum absolute atomic E-state index is 11.0. The fraction of sp³-hybridized carbons (Fsp3) is 0.250. The summed E-state index contributed by atoms with van der Waals surface area (Å²) in [5, 5.41) is 14.7. The van der Waals surface area contributed by atoms with E-state index in [9.17, 15) is 4.79 Å². The van der Waals surface area contributed by atoms with Crippen molar-refractivity contribution in [2.75, 3.05) is 13.1 Å². The van der Waals surface area contributed by atoms with Gasteiger partial charge in [-0.05, 0) is 5.56 Å². The molecule has 0 saturated carbocycles.